The highest BCUT2D eigenvalue weighted by Crippen LogP contribution is 2.30. The summed E-state index contributed by atoms with van der Waals surface area (Å²) in [5, 5.41) is 3.93. The van der Waals surface area contributed by atoms with E-state index in [9.17, 15) is 4.79 Å². The van der Waals surface area contributed by atoms with Crippen molar-refractivity contribution >= 4 is 11.7 Å². The van der Waals surface area contributed by atoms with Crippen LogP contribution in [0.5, 0.6) is 5.75 Å². The van der Waals surface area contributed by atoms with Crippen molar-refractivity contribution in [1.82, 2.24) is 24.9 Å². The van der Waals surface area contributed by atoms with Gasteiger partial charge in [0, 0.05) is 44.6 Å². The number of hydrogen-bond donors (Lipinski definition) is 1. The van der Waals surface area contributed by atoms with Gasteiger partial charge in [0.1, 0.15) is 17.7 Å². The second-order valence-corrected chi connectivity index (χ2v) is 9.03. The number of carbonyl (C=O) groups is 1. The molecule has 0 radical (unpaired) electrons. The first-order valence-electron chi connectivity index (χ1n) is 12.9. The molecule has 4 heterocycles. The number of pyridine rings is 1. The van der Waals surface area contributed by atoms with Gasteiger partial charge in [-0.05, 0) is 55.8 Å². The van der Waals surface area contributed by atoms with Gasteiger partial charge < -0.3 is 19.9 Å². The lowest BCUT2D eigenvalue weighted by molar-refractivity contribution is -0.139. The summed E-state index contributed by atoms with van der Waals surface area (Å²) in [7, 11) is 0. The van der Waals surface area contributed by atoms with Crippen LogP contribution in [0, 0.1) is 5.92 Å². The molecule has 1 aromatic carbocycles. The Labute approximate surface area is 212 Å². The molecule has 0 aliphatic carbocycles. The maximum absolute atomic E-state index is 13.2. The number of benzene rings is 1. The number of aromatic nitrogens is 3. The largest absolute Gasteiger partial charge is 0.490 e. The molecular formula is C27H36N6O3. The minimum absolute atomic E-state index is 0.0618. The van der Waals surface area contributed by atoms with E-state index in [0.717, 1.165) is 69.7 Å². The number of likely N-dealkylation sites (tertiary alicyclic amines) is 2. The van der Waals surface area contributed by atoms with Gasteiger partial charge in [-0.3, -0.25) is 9.69 Å². The number of ether oxygens (including phenoxy) is 1. The van der Waals surface area contributed by atoms with Crippen LogP contribution in [0.15, 0.2) is 53.5 Å². The van der Waals surface area contributed by atoms with E-state index in [2.05, 4.69) is 20.0 Å². The Morgan fingerprint density at radius 2 is 1.81 bits per heavy atom. The summed E-state index contributed by atoms with van der Waals surface area (Å²) in [5.41, 5.74) is 7.77. The molecule has 2 N–H and O–H groups in total. The molecule has 2 saturated heterocycles. The summed E-state index contributed by atoms with van der Waals surface area (Å²) >= 11 is 0. The van der Waals surface area contributed by atoms with Gasteiger partial charge in [0.25, 0.3) is 0 Å². The Morgan fingerprint density at radius 3 is 2.50 bits per heavy atom. The zero-order valence-corrected chi connectivity index (χ0v) is 21.2. The second-order valence-electron chi connectivity index (χ2n) is 9.03. The molecule has 36 heavy (non-hydrogen) atoms. The molecule has 0 unspecified atom stereocenters. The average Bonchev–Trinajstić information content (AvgIpc) is 3.46. The van der Waals surface area contributed by atoms with E-state index in [0.29, 0.717) is 17.5 Å². The number of hydrogen-bond acceptors (Lipinski definition) is 8. The molecule has 5 rings (SSSR count). The molecule has 192 valence electrons. The van der Waals surface area contributed by atoms with E-state index >= 15 is 0 Å². The first kappa shape index (κ1) is 25.6. The molecule has 0 spiro atoms. The first-order chi connectivity index (χ1) is 17.7. The van der Waals surface area contributed by atoms with Gasteiger partial charge in [0.2, 0.25) is 18.1 Å². The van der Waals surface area contributed by atoms with Gasteiger partial charge in [0.05, 0.1) is 5.56 Å². The standard InChI is InChI=1S/C25H30N6O3.C2H6/c26-23-15-18(5-10-27-23)16-30-11-6-19(7-12-30)25(32)31-13-8-20(9-14-31)34-22-4-2-1-3-21(22)24-28-17-33-29-24;1-2/h1-5,10,15,17,19-20H,6-9,11-14,16H2,(H2,26,27);1-2H3. The van der Waals surface area contributed by atoms with E-state index in [1.807, 2.05) is 55.1 Å². The Balaban J connectivity index is 0.00000148. The SMILES string of the molecule is CC.Nc1cc(CN2CCC(C(=O)N3CCC(Oc4ccccc4-c4ncon4)CC3)CC2)ccn1. The number of para-hydroxylation sites is 1. The van der Waals surface area contributed by atoms with Gasteiger partial charge in [-0.15, -0.1) is 0 Å². The van der Waals surface area contributed by atoms with E-state index < -0.39 is 0 Å². The maximum Gasteiger partial charge on any atom is 0.225 e. The molecule has 3 aromatic rings. The summed E-state index contributed by atoms with van der Waals surface area (Å²) in [5.74, 6) is 2.21. The van der Waals surface area contributed by atoms with Crippen LogP contribution in [0.2, 0.25) is 0 Å². The molecule has 2 aromatic heterocycles. The Hall–Kier alpha value is -3.46. The van der Waals surface area contributed by atoms with Crippen LogP contribution in [0.1, 0.15) is 45.1 Å². The quantitative estimate of drug-likeness (QED) is 0.549. The number of nitrogens with two attached hydrogens (primary N) is 1. The van der Waals surface area contributed by atoms with E-state index in [4.69, 9.17) is 15.0 Å². The second kappa shape index (κ2) is 12.5. The smallest absolute Gasteiger partial charge is 0.225 e. The van der Waals surface area contributed by atoms with Crippen molar-refractivity contribution in [2.75, 3.05) is 31.9 Å². The number of amides is 1. The number of rotatable bonds is 6. The lowest BCUT2D eigenvalue weighted by Gasteiger charge is -2.37. The number of carbonyl (C=O) groups excluding carboxylic acids is 1. The Kier molecular flexibility index (Phi) is 8.89. The van der Waals surface area contributed by atoms with Gasteiger partial charge in [-0.25, -0.2) is 4.98 Å². The lowest BCUT2D eigenvalue weighted by atomic mass is 9.94. The average molecular weight is 493 g/mol. The normalized spacial score (nSPS) is 17.3. The predicted octanol–water partition coefficient (Wildman–Crippen LogP) is 4.02. The van der Waals surface area contributed by atoms with Crippen LogP contribution in [0.3, 0.4) is 0 Å². The zero-order valence-electron chi connectivity index (χ0n) is 21.2. The number of nitrogen functional groups attached to an aromatic ring is 1. The summed E-state index contributed by atoms with van der Waals surface area (Å²) < 4.78 is 11.2. The molecule has 0 bridgehead atoms. The molecule has 2 aliphatic heterocycles. The minimum Gasteiger partial charge on any atom is -0.490 e. The monoisotopic (exact) mass is 492 g/mol. The van der Waals surface area contributed by atoms with Crippen molar-refractivity contribution in [3.8, 4) is 17.1 Å². The minimum atomic E-state index is 0.0618. The third kappa shape index (κ3) is 6.40. The molecule has 2 aliphatic rings. The fourth-order valence-electron chi connectivity index (χ4n) is 4.86. The topological polar surface area (TPSA) is 111 Å². The van der Waals surface area contributed by atoms with E-state index in [1.54, 1.807) is 6.20 Å². The van der Waals surface area contributed by atoms with E-state index in [1.165, 1.54) is 12.0 Å². The number of piperidine rings is 2. The van der Waals surface area contributed by atoms with Gasteiger partial charge in [-0.1, -0.05) is 31.1 Å². The first-order valence-corrected chi connectivity index (χ1v) is 12.9. The van der Waals surface area contributed by atoms with Crippen molar-refractivity contribution in [3.05, 3.63) is 54.6 Å². The predicted molar refractivity (Wildman–Crippen MR) is 138 cm³/mol. The van der Waals surface area contributed by atoms with Crippen LogP contribution < -0.4 is 10.5 Å². The van der Waals surface area contributed by atoms with Crippen molar-refractivity contribution in [2.24, 2.45) is 5.92 Å². The Morgan fingerprint density at radius 1 is 1.06 bits per heavy atom. The summed E-state index contributed by atoms with van der Waals surface area (Å²) in [4.78, 5) is 25.8. The molecule has 0 atom stereocenters. The molecule has 9 heteroatoms. The fourth-order valence-corrected chi connectivity index (χ4v) is 4.86. The maximum atomic E-state index is 13.2. The Bertz CT molecular complexity index is 1090. The van der Waals surface area contributed by atoms with Gasteiger partial charge >= 0.3 is 0 Å². The molecule has 1 amide bonds. The summed E-state index contributed by atoms with van der Waals surface area (Å²) in [6.07, 6.45) is 6.55. The van der Waals surface area contributed by atoms with E-state index in [-0.39, 0.29) is 12.0 Å². The molecular weight excluding hydrogens is 456 g/mol. The van der Waals surface area contributed by atoms with Crippen molar-refractivity contribution in [3.63, 3.8) is 0 Å². The highest BCUT2D eigenvalue weighted by atomic mass is 16.5. The van der Waals surface area contributed by atoms with Crippen LogP contribution in [0.4, 0.5) is 5.82 Å². The highest BCUT2D eigenvalue weighted by molar-refractivity contribution is 5.79. The zero-order chi connectivity index (χ0) is 25.3. The van der Waals surface area contributed by atoms with Crippen molar-refractivity contribution < 1.29 is 14.1 Å². The van der Waals surface area contributed by atoms with Gasteiger partial charge in [0.15, 0.2) is 0 Å². The number of nitrogens with zero attached hydrogens (tertiary/aromatic N) is 5. The summed E-state index contributed by atoms with van der Waals surface area (Å²) in [6, 6.07) is 11.6. The van der Waals surface area contributed by atoms with Crippen LogP contribution >= 0.6 is 0 Å². The van der Waals surface area contributed by atoms with Gasteiger partial charge in [-0.2, -0.15) is 4.98 Å². The molecule has 9 nitrogen and oxygen atoms in total. The molecule has 0 saturated carbocycles. The van der Waals surface area contributed by atoms with Crippen molar-refractivity contribution in [2.45, 2.75) is 52.2 Å². The fraction of sp³-hybridized carbons (Fsp3) is 0.481. The highest BCUT2D eigenvalue weighted by Gasteiger charge is 2.31. The van der Waals surface area contributed by atoms with Crippen LogP contribution in [-0.2, 0) is 11.3 Å². The van der Waals surface area contributed by atoms with Crippen LogP contribution in [0.25, 0.3) is 11.4 Å². The van der Waals surface area contributed by atoms with Crippen molar-refractivity contribution in [1.29, 1.82) is 0 Å². The molecule has 2 fully saturated rings. The number of anilines is 1. The third-order valence-corrected chi connectivity index (χ3v) is 6.73. The lowest BCUT2D eigenvalue weighted by Crippen LogP contribution is -2.46. The third-order valence-electron chi connectivity index (χ3n) is 6.73. The summed E-state index contributed by atoms with van der Waals surface area (Å²) in [6.45, 7) is 8.15. The van der Waals surface area contributed by atoms with Crippen LogP contribution in [-0.4, -0.2) is 63.1 Å².